The average molecular weight is 388 g/mol. The second kappa shape index (κ2) is 8.39. The van der Waals surface area contributed by atoms with Crippen LogP contribution >= 0.6 is 0 Å². The van der Waals surface area contributed by atoms with Crippen molar-refractivity contribution in [3.05, 3.63) is 71.4 Å². The van der Waals surface area contributed by atoms with Crippen LogP contribution in [0.15, 0.2) is 48.7 Å². The molecule has 6 heteroatoms. The molecule has 0 aliphatic carbocycles. The Bertz CT molecular complexity index is 1000. The van der Waals surface area contributed by atoms with Gasteiger partial charge < -0.3 is 10.0 Å². The third-order valence-electron chi connectivity index (χ3n) is 5.26. The van der Waals surface area contributed by atoms with Gasteiger partial charge in [0.25, 0.3) is 0 Å². The third kappa shape index (κ3) is 4.26. The van der Waals surface area contributed by atoms with Crippen LogP contribution in [0.5, 0.6) is 5.75 Å². The minimum Gasteiger partial charge on any atom is -0.508 e. The van der Waals surface area contributed by atoms with E-state index in [-0.39, 0.29) is 11.7 Å². The molecule has 148 valence electrons. The zero-order chi connectivity index (χ0) is 20.2. The molecule has 0 unspecified atom stereocenters. The van der Waals surface area contributed by atoms with Gasteiger partial charge in [0.2, 0.25) is 5.91 Å². The summed E-state index contributed by atoms with van der Waals surface area (Å²) in [6.45, 7) is 3.33. The van der Waals surface area contributed by atoms with Crippen molar-refractivity contribution < 1.29 is 9.90 Å². The van der Waals surface area contributed by atoms with Gasteiger partial charge in [-0.3, -0.25) is 9.78 Å². The van der Waals surface area contributed by atoms with Crippen molar-refractivity contribution in [2.45, 2.75) is 32.6 Å². The minimum absolute atomic E-state index is 0.0892. The van der Waals surface area contributed by atoms with E-state index in [0.29, 0.717) is 32.4 Å². The highest BCUT2D eigenvalue weighted by atomic mass is 16.3. The van der Waals surface area contributed by atoms with Gasteiger partial charge in [-0.15, -0.1) is 0 Å². The van der Waals surface area contributed by atoms with E-state index in [4.69, 9.17) is 9.97 Å². The average Bonchev–Trinajstić information content (AvgIpc) is 2.97. The smallest absolute Gasteiger partial charge is 0.228 e. The molecule has 0 spiro atoms. The van der Waals surface area contributed by atoms with Crippen LogP contribution in [0.2, 0.25) is 0 Å². The van der Waals surface area contributed by atoms with E-state index in [1.165, 1.54) is 0 Å². The number of benzene rings is 1. The van der Waals surface area contributed by atoms with Crippen LogP contribution in [0.4, 0.5) is 0 Å². The number of fused-ring (bicyclic) bond motifs is 1. The van der Waals surface area contributed by atoms with Gasteiger partial charge in [0.15, 0.2) is 0 Å². The molecule has 0 radical (unpaired) electrons. The summed E-state index contributed by atoms with van der Waals surface area (Å²) < 4.78 is 0. The number of aryl methyl sites for hydroxylation is 1. The van der Waals surface area contributed by atoms with Gasteiger partial charge >= 0.3 is 0 Å². The lowest BCUT2D eigenvalue weighted by molar-refractivity contribution is -0.130. The van der Waals surface area contributed by atoms with Crippen LogP contribution in [0.3, 0.4) is 0 Å². The number of phenolic OH excluding ortho intramolecular Hbond substituents is 1. The fourth-order valence-electron chi connectivity index (χ4n) is 3.69. The van der Waals surface area contributed by atoms with Crippen molar-refractivity contribution in [2.24, 2.45) is 0 Å². The summed E-state index contributed by atoms with van der Waals surface area (Å²) in [5.74, 6) is 1.13. The fraction of sp³-hybridized carbons (Fsp3) is 0.304. The predicted molar refractivity (Wildman–Crippen MR) is 110 cm³/mol. The summed E-state index contributed by atoms with van der Waals surface area (Å²) in [5, 5.41) is 9.62. The molecule has 0 bridgehead atoms. The summed E-state index contributed by atoms with van der Waals surface area (Å²) in [4.78, 5) is 28.5. The number of aromatic nitrogens is 3. The Kier molecular flexibility index (Phi) is 5.51. The highest BCUT2D eigenvalue weighted by Gasteiger charge is 2.23. The van der Waals surface area contributed by atoms with E-state index < -0.39 is 0 Å². The molecule has 29 heavy (non-hydrogen) atoms. The summed E-state index contributed by atoms with van der Waals surface area (Å²) in [6, 6.07) is 12.7. The van der Waals surface area contributed by atoms with E-state index in [0.717, 1.165) is 40.5 Å². The van der Waals surface area contributed by atoms with E-state index in [2.05, 4.69) is 4.98 Å². The molecule has 1 amide bonds. The Morgan fingerprint density at radius 1 is 1.07 bits per heavy atom. The lowest BCUT2D eigenvalue weighted by Crippen LogP contribution is -2.34. The quantitative estimate of drug-likeness (QED) is 0.743. The molecular weight excluding hydrogens is 364 g/mol. The molecule has 6 nitrogen and oxygen atoms in total. The van der Waals surface area contributed by atoms with Crippen molar-refractivity contribution >= 4 is 5.91 Å². The maximum absolute atomic E-state index is 12.8. The van der Waals surface area contributed by atoms with Crippen molar-refractivity contribution in [2.75, 3.05) is 13.1 Å². The summed E-state index contributed by atoms with van der Waals surface area (Å²) in [6.07, 6.45) is 4.20. The zero-order valence-corrected chi connectivity index (χ0v) is 16.5. The summed E-state index contributed by atoms with van der Waals surface area (Å²) in [7, 11) is 0. The molecule has 0 atom stereocenters. The number of rotatable bonds is 4. The number of aromatic hydroxyl groups is 1. The number of amides is 1. The maximum atomic E-state index is 12.8. The molecular formula is C23H24N4O2. The molecule has 1 N–H and O–H groups in total. The van der Waals surface area contributed by atoms with Gasteiger partial charge in [0.05, 0.1) is 12.1 Å². The number of phenols is 1. The van der Waals surface area contributed by atoms with Crippen LogP contribution in [0.1, 0.15) is 29.7 Å². The molecule has 2 aromatic heterocycles. The van der Waals surface area contributed by atoms with Gasteiger partial charge in [-0.1, -0.05) is 13.0 Å². The van der Waals surface area contributed by atoms with Gasteiger partial charge in [0, 0.05) is 54.6 Å². The summed E-state index contributed by atoms with van der Waals surface area (Å²) in [5.41, 5.74) is 4.78. The second-order valence-corrected chi connectivity index (χ2v) is 7.19. The van der Waals surface area contributed by atoms with Crippen molar-refractivity contribution in [3.63, 3.8) is 0 Å². The number of hydrogen-bond donors (Lipinski definition) is 1. The van der Waals surface area contributed by atoms with E-state index in [1.54, 1.807) is 18.3 Å². The Balaban J connectivity index is 1.60. The Hall–Kier alpha value is -3.28. The first-order valence-corrected chi connectivity index (χ1v) is 9.99. The Morgan fingerprint density at radius 3 is 2.59 bits per heavy atom. The molecule has 3 aromatic rings. The first-order valence-electron chi connectivity index (χ1n) is 9.99. The number of nitrogens with zero attached hydrogens (tertiary/aromatic N) is 4. The molecule has 0 saturated heterocycles. The van der Waals surface area contributed by atoms with Crippen LogP contribution in [0, 0.1) is 0 Å². The van der Waals surface area contributed by atoms with Gasteiger partial charge in [0.1, 0.15) is 11.6 Å². The number of carbonyl (C=O) groups is 1. The highest BCUT2D eigenvalue weighted by Crippen LogP contribution is 2.28. The third-order valence-corrected chi connectivity index (χ3v) is 5.26. The minimum atomic E-state index is 0.0892. The van der Waals surface area contributed by atoms with Crippen LogP contribution in [-0.4, -0.2) is 44.0 Å². The molecule has 3 heterocycles. The second-order valence-electron chi connectivity index (χ2n) is 7.19. The zero-order valence-electron chi connectivity index (χ0n) is 16.5. The fourth-order valence-corrected chi connectivity index (χ4v) is 3.69. The van der Waals surface area contributed by atoms with Gasteiger partial charge in [-0.05, 0) is 42.8 Å². The number of pyridine rings is 1. The SMILES string of the molecule is CCc1nc2c(c(-c3ccc(O)cc3)n1)CCN(C(=O)Cc1ccccn1)CC2. The molecule has 1 aliphatic rings. The Labute approximate surface area is 170 Å². The first-order chi connectivity index (χ1) is 14.1. The van der Waals surface area contributed by atoms with Crippen LogP contribution in [0.25, 0.3) is 11.3 Å². The van der Waals surface area contributed by atoms with E-state index >= 15 is 0 Å². The van der Waals surface area contributed by atoms with Crippen molar-refractivity contribution in [1.29, 1.82) is 0 Å². The first kappa shape index (κ1) is 19.1. The summed E-state index contributed by atoms with van der Waals surface area (Å²) >= 11 is 0. The van der Waals surface area contributed by atoms with Crippen molar-refractivity contribution in [1.82, 2.24) is 19.9 Å². The molecule has 4 rings (SSSR count). The number of hydrogen-bond acceptors (Lipinski definition) is 5. The van der Waals surface area contributed by atoms with Crippen molar-refractivity contribution in [3.8, 4) is 17.0 Å². The molecule has 0 saturated carbocycles. The largest absolute Gasteiger partial charge is 0.508 e. The lowest BCUT2D eigenvalue weighted by atomic mass is 10.0. The molecule has 1 aromatic carbocycles. The highest BCUT2D eigenvalue weighted by molar-refractivity contribution is 5.78. The monoisotopic (exact) mass is 388 g/mol. The standard InChI is InChI=1S/C23H24N4O2/c1-2-21-25-20-11-14-27(22(29)15-17-5-3-4-12-24-17)13-10-19(20)23(26-21)16-6-8-18(28)9-7-16/h3-9,12,28H,2,10-11,13-15H2,1H3. The Morgan fingerprint density at radius 2 is 1.86 bits per heavy atom. The van der Waals surface area contributed by atoms with Gasteiger partial charge in [-0.25, -0.2) is 9.97 Å². The maximum Gasteiger partial charge on any atom is 0.228 e. The molecule has 0 fully saturated rings. The van der Waals surface area contributed by atoms with Gasteiger partial charge in [-0.2, -0.15) is 0 Å². The number of carbonyl (C=O) groups excluding carboxylic acids is 1. The van der Waals surface area contributed by atoms with E-state index in [1.807, 2.05) is 42.2 Å². The topological polar surface area (TPSA) is 79.2 Å². The normalized spacial score (nSPS) is 13.6. The predicted octanol–water partition coefficient (Wildman–Crippen LogP) is 2.98. The molecule has 1 aliphatic heterocycles. The van der Waals surface area contributed by atoms with Crippen LogP contribution < -0.4 is 0 Å². The van der Waals surface area contributed by atoms with Crippen LogP contribution in [-0.2, 0) is 30.5 Å². The van der Waals surface area contributed by atoms with E-state index in [9.17, 15) is 9.90 Å². The lowest BCUT2D eigenvalue weighted by Gasteiger charge is -2.20.